The third kappa shape index (κ3) is 4.04. The Hall–Kier alpha value is -3.81. The molecule has 0 amide bonds. The van der Waals surface area contributed by atoms with Crippen LogP contribution < -0.4 is 15.2 Å². The van der Waals surface area contributed by atoms with E-state index in [0.717, 1.165) is 12.8 Å². The Morgan fingerprint density at radius 3 is 2.36 bits per heavy atom. The summed E-state index contributed by atoms with van der Waals surface area (Å²) in [5, 5.41) is 0. The molecule has 0 bridgehead atoms. The molecule has 8 nitrogen and oxygen atoms in total. The van der Waals surface area contributed by atoms with Crippen molar-refractivity contribution in [3.05, 3.63) is 48.0 Å². The molecule has 0 saturated carbocycles. The van der Waals surface area contributed by atoms with E-state index in [2.05, 4.69) is 13.8 Å². The van der Waals surface area contributed by atoms with Gasteiger partial charge in [0.15, 0.2) is 5.65 Å². The van der Waals surface area contributed by atoms with Crippen molar-refractivity contribution >= 4 is 34.0 Å². The molecule has 0 spiro atoms. The number of esters is 1. The second-order valence-electron chi connectivity index (χ2n) is 7.80. The van der Waals surface area contributed by atoms with Crippen LogP contribution in [0.15, 0.2) is 42.5 Å². The molecule has 0 aliphatic carbocycles. The highest BCUT2D eigenvalue weighted by atomic mass is 16.5. The van der Waals surface area contributed by atoms with Crippen LogP contribution in [0.5, 0.6) is 11.5 Å². The van der Waals surface area contributed by atoms with E-state index < -0.39 is 5.97 Å². The second kappa shape index (κ2) is 9.36. The summed E-state index contributed by atoms with van der Waals surface area (Å²) >= 11 is 0. The number of rotatable bonds is 8. The molecule has 172 valence electrons. The van der Waals surface area contributed by atoms with Gasteiger partial charge in [-0.15, -0.1) is 0 Å². The van der Waals surface area contributed by atoms with E-state index in [9.17, 15) is 4.79 Å². The monoisotopic (exact) mass is 448 g/mol. The van der Waals surface area contributed by atoms with E-state index in [4.69, 9.17) is 29.9 Å². The third-order valence-electron chi connectivity index (χ3n) is 5.93. The molecule has 2 heterocycles. The Bertz CT molecular complexity index is 1310. The van der Waals surface area contributed by atoms with Gasteiger partial charge in [-0.25, -0.2) is 14.8 Å². The largest absolute Gasteiger partial charge is 0.497 e. The topological polar surface area (TPSA) is 101 Å². The summed E-state index contributed by atoms with van der Waals surface area (Å²) in [5.74, 6) is 1.11. The number of carbonyl (C=O) groups is 1. The highest BCUT2D eigenvalue weighted by Crippen LogP contribution is 2.36. The van der Waals surface area contributed by atoms with Crippen LogP contribution in [0.25, 0.3) is 27.9 Å². The molecule has 0 aliphatic rings. The van der Waals surface area contributed by atoms with Crippen molar-refractivity contribution in [2.75, 3.05) is 26.6 Å². The molecular formula is C25H28N4O4. The van der Waals surface area contributed by atoms with Crippen molar-refractivity contribution < 1.29 is 19.0 Å². The zero-order chi connectivity index (χ0) is 23.5. The molecule has 0 saturated heterocycles. The van der Waals surface area contributed by atoms with Gasteiger partial charge in [0.2, 0.25) is 0 Å². The third-order valence-corrected chi connectivity index (χ3v) is 5.93. The lowest BCUT2D eigenvalue weighted by Gasteiger charge is -2.14. The number of methoxy groups -OCH3 is 2. The van der Waals surface area contributed by atoms with Crippen LogP contribution in [0.3, 0.4) is 0 Å². The molecule has 8 heteroatoms. The zero-order valence-electron chi connectivity index (χ0n) is 19.3. The van der Waals surface area contributed by atoms with Crippen molar-refractivity contribution in [3.63, 3.8) is 0 Å². The van der Waals surface area contributed by atoms with Crippen LogP contribution in [0.2, 0.25) is 0 Å². The quantitative estimate of drug-likeness (QED) is 0.388. The minimum Gasteiger partial charge on any atom is -0.497 e. The van der Waals surface area contributed by atoms with Crippen LogP contribution in [-0.2, 0) is 4.74 Å². The van der Waals surface area contributed by atoms with Crippen LogP contribution in [0.4, 0.5) is 5.82 Å². The number of aromatic nitrogens is 3. The second-order valence-corrected chi connectivity index (χ2v) is 7.80. The Labute approximate surface area is 192 Å². The Kier molecular flexibility index (Phi) is 6.35. The van der Waals surface area contributed by atoms with Gasteiger partial charge >= 0.3 is 5.97 Å². The van der Waals surface area contributed by atoms with Gasteiger partial charge in [-0.2, -0.15) is 0 Å². The fraction of sp³-hybridized carbons (Fsp3) is 0.320. The summed E-state index contributed by atoms with van der Waals surface area (Å²) < 4.78 is 18.3. The molecule has 2 aromatic heterocycles. The molecule has 4 aromatic rings. The molecule has 2 aromatic carbocycles. The van der Waals surface area contributed by atoms with Crippen molar-refractivity contribution in [1.82, 2.24) is 14.5 Å². The number of hydrogen-bond donors (Lipinski definition) is 1. The number of anilines is 1. The lowest BCUT2D eigenvalue weighted by molar-refractivity contribution is 0.0436. The Morgan fingerprint density at radius 2 is 1.73 bits per heavy atom. The van der Waals surface area contributed by atoms with Crippen LogP contribution in [-0.4, -0.2) is 41.3 Å². The first-order valence-electron chi connectivity index (χ1n) is 11.0. The summed E-state index contributed by atoms with van der Waals surface area (Å²) in [4.78, 5) is 22.8. The van der Waals surface area contributed by atoms with Gasteiger partial charge in [-0.1, -0.05) is 38.8 Å². The van der Waals surface area contributed by atoms with E-state index in [0.29, 0.717) is 46.0 Å². The number of benzene rings is 2. The summed E-state index contributed by atoms with van der Waals surface area (Å²) in [6.07, 6.45) is 1.85. The van der Waals surface area contributed by atoms with E-state index >= 15 is 0 Å². The molecule has 2 N–H and O–H groups in total. The van der Waals surface area contributed by atoms with Crippen molar-refractivity contribution in [2.24, 2.45) is 5.92 Å². The van der Waals surface area contributed by atoms with Crippen molar-refractivity contribution in [3.8, 4) is 17.2 Å². The maximum Gasteiger partial charge on any atom is 0.344 e. The maximum atomic E-state index is 13.2. The van der Waals surface area contributed by atoms with Gasteiger partial charge in [0.1, 0.15) is 28.4 Å². The number of hydrogen-bond acceptors (Lipinski definition) is 7. The fourth-order valence-corrected chi connectivity index (χ4v) is 3.87. The highest BCUT2D eigenvalue weighted by molar-refractivity contribution is 6.09. The van der Waals surface area contributed by atoms with Gasteiger partial charge < -0.3 is 19.9 Å². The minimum absolute atomic E-state index is 0.182. The van der Waals surface area contributed by atoms with Gasteiger partial charge in [-0.05, 0) is 30.2 Å². The lowest BCUT2D eigenvalue weighted by atomic mass is 10.1. The van der Waals surface area contributed by atoms with Crippen molar-refractivity contribution in [1.29, 1.82) is 0 Å². The molecular weight excluding hydrogens is 420 g/mol. The minimum atomic E-state index is -0.519. The average Bonchev–Trinajstić information content (AvgIpc) is 3.13. The molecule has 0 atom stereocenters. The van der Waals surface area contributed by atoms with Gasteiger partial charge in [0, 0.05) is 6.07 Å². The maximum absolute atomic E-state index is 13.2. The summed E-state index contributed by atoms with van der Waals surface area (Å²) in [5.41, 5.74) is 9.52. The predicted molar refractivity (Wildman–Crippen MR) is 128 cm³/mol. The van der Waals surface area contributed by atoms with Crippen molar-refractivity contribution in [2.45, 2.75) is 26.7 Å². The normalized spacial score (nSPS) is 11.3. The predicted octanol–water partition coefficient (Wildman–Crippen LogP) is 4.77. The highest BCUT2D eigenvalue weighted by Gasteiger charge is 2.27. The zero-order valence-corrected chi connectivity index (χ0v) is 19.3. The van der Waals surface area contributed by atoms with E-state index in [1.807, 2.05) is 24.3 Å². The SMILES string of the molecule is CCC(CC)COC(=O)c1c(N)n(-c2cc(OC)ccc2OC)c2nc3ccccc3nc12. The fourth-order valence-electron chi connectivity index (χ4n) is 3.87. The van der Waals surface area contributed by atoms with Crippen LogP contribution in [0, 0.1) is 5.92 Å². The first kappa shape index (κ1) is 22.4. The molecule has 0 unspecified atom stereocenters. The smallest absolute Gasteiger partial charge is 0.344 e. The number of carbonyl (C=O) groups excluding carboxylic acids is 1. The van der Waals surface area contributed by atoms with E-state index in [-0.39, 0.29) is 17.3 Å². The Balaban J connectivity index is 1.97. The van der Waals surface area contributed by atoms with Crippen LogP contribution in [0.1, 0.15) is 37.0 Å². The Morgan fingerprint density at radius 1 is 1.03 bits per heavy atom. The van der Waals surface area contributed by atoms with Gasteiger partial charge in [-0.3, -0.25) is 4.57 Å². The average molecular weight is 449 g/mol. The standard InChI is InChI=1S/C25H28N4O4/c1-5-15(6-2)14-33-25(30)21-22-24(28-18-10-8-7-9-17(18)27-22)29(23(21)26)19-13-16(31-3)11-12-20(19)32-4/h7-13,15H,5-6,14,26H2,1-4H3. The molecule has 0 aliphatic heterocycles. The number of para-hydroxylation sites is 2. The molecule has 4 rings (SSSR count). The van der Waals surface area contributed by atoms with Crippen LogP contribution >= 0.6 is 0 Å². The molecule has 33 heavy (non-hydrogen) atoms. The summed E-state index contributed by atoms with van der Waals surface area (Å²) in [6, 6.07) is 12.8. The number of nitrogen functional groups attached to an aromatic ring is 1. The van der Waals surface area contributed by atoms with E-state index in [1.54, 1.807) is 37.0 Å². The molecule has 0 fully saturated rings. The number of ether oxygens (including phenoxy) is 3. The summed E-state index contributed by atoms with van der Waals surface area (Å²) in [7, 11) is 3.15. The molecule has 0 radical (unpaired) electrons. The summed E-state index contributed by atoms with van der Waals surface area (Å²) in [6.45, 7) is 4.48. The number of fused-ring (bicyclic) bond motifs is 2. The lowest BCUT2D eigenvalue weighted by Crippen LogP contribution is -2.15. The first-order valence-corrected chi connectivity index (χ1v) is 11.0. The van der Waals surface area contributed by atoms with Gasteiger partial charge in [0.25, 0.3) is 0 Å². The van der Waals surface area contributed by atoms with E-state index in [1.165, 1.54) is 0 Å². The van der Waals surface area contributed by atoms with Gasteiger partial charge in [0.05, 0.1) is 37.5 Å². The number of nitrogens with two attached hydrogens (primary N) is 1. The first-order chi connectivity index (χ1) is 16.0. The number of nitrogens with zero attached hydrogens (tertiary/aromatic N) is 3.